The van der Waals surface area contributed by atoms with Crippen molar-refractivity contribution >= 4 is 21.8 Å². The van der Waals surface area contributed by atoms with Crippen molar-refractivity contribution in [2.75, 3.05) is 18.6 Å². The molecule has 9 heteroatoms. The standard InChI is InChI=1S/C18H21N5O2S2/c1-14-7-3-4-9-16(14)23-17(15-8-5-10-20-13-15)21-22-18(23)26-11-6-12-27(24,25)19-2/h3-5,7-10,13,19H,6,11-12H2,1-2H3. The number of para-hydroxylation sites is 1. The lowest BCUT2D eigenvalue weighted by atomic mass is 10.2. The third-order valence-electron chi connectivity index (χ3n) is 4.01. The Kier molecular flexibility index (Phi) is 6.25. The zero-order valence-corrected chi connectivity index (χ0v) is 16.8. The van der Waals surface area contributed by atoms with Crippen molar-refractivity contribution in [3.63, 3.8) is 0 Å². The maximum absolute atomic E-state index is 11.6. The molecule has 0 atom stereocenters. The molecule has 7 nitrogen and oxygen atoms in total. The van der Waals surface area contributed by atoms with E-state index in [2.05, 4.69) is 19.9 Å². The van der Waals surface area contributed by atoms with Crippen LogP contribution in [-0.2, 0) is 10.0 Å². The number of benzene rings is 1. The van der Waals surface area contributed by atoms with E-state index in [1.807, 2.05) is 47.9 Å². The molecule has 2 heterocycles. The first-order chi connectivity index (χ1) is 13.0. The summed E-state index contributed by atoms with van der Waals surface area (Å²) in [6, 6.07) is 11.8. The summed E-state index contributed by atoms with van der Waals surface area (Å²) in [6.45, 7) is 2.04. The van der Waals surface area contributed by atoms with Crippen LogP contribution in [0, 0.1) is 6.92 Å². The van der Waals surface area contributed by atoms with Crippen LogP contribution in [-0.4, -0.2) is 46.7 Å². The molecule has 0 saturated carbocycles. The summed E-state index contributed by atoms with van der Waals surface area (Å²) in [7, 11) is -1.77. The van der Waals surface area contributed by atoms with E-state index in [1.54, 1.807) is 12.4 Å². The number of aromatic nitrogens is 4. The molecule has 0 bridgehead atoms. The van der Waals surface area contributed by atoms with E-state index < -0.39 is 10.0 Å². The van der Waals surface area contributed by atoms with Crippen molar-refractivity contribution in [1.82, 2.24) is 24.5 Å². The monoisotopic (exact) mass is 403 g/mol. The Hall–Kier alpha value is -2.23. The van der Waals surface area contributed by atoms with Crippen molar-refractivity contribution in [3.05, 3.63) is 54.4 Å². The van der Waals surface area contributed by atoms with Gasteiger partial charge in [0.15, 0.2) is 11.0 Å². The summed E-state index contributed by atoms with van der Waals surface area (Å²) < 4.78 is 27.5. The Morgan fingerprint density at radius 3 is 2.67 bits per heavy atom. The minimum atomic E-state index is -3.20. The summed E-state index contributed by atoms with van der Waals surface area (Å²) in [5.41, 5.74) is 2.96. The molecular weight excluding hydrogens is 382 g/mol. The van der Waals surface area contributed by atoms with Crippen LogP contribution in [0.1, 0.15) is 12.0 Å². The lowest BCUT2D eigenvalue weighted by Gasteiger charge is -2.12. The van der Waals surface area contributed by atoms with E-state index in [0.29, 0.717) is 18.0 Å². The number of thioether (sulfide) groups is 1. The molecule has 1 N–H and O–H groups in total. The Bertz CT molecular complexity index is 1000. The Morgan fingerprint density at radius 1 is 1.15 bits per heavy atom. The van der Waals surface area contributed by atoms with Gasteiger partial charge in [-0.3, -0.25) is 9.55 Å². The van der Waals surface area contributed by atoms with Crippen molar-refractivity contribution < 1.29 is 8.42 Å². The van der Waals surface area contributed by atoms with Gasteiger partial charge in [-0.2, -0.15) is 0 Å². The van der Waals surface area contributed by atoms with Crippen LogP contribution >= 0.6 is 11.8 Å². The Labute approximate surface area is 163 Å². The second-order valence-corrected chi connectivity index (χ2v) is 9.00. The predicted molar refractivity (Wildman–Crippen MR) is 108 cm³/mol. The van der Waals surface area contributed by atoms with Crippen molar-refractivity contribution in [3.8, 4) is 17.1 Å². The van der Waals surface area contributed by atoms with Gasteiger partial charge in [0.1, 0.15) is 0 Å². The normalized spacial score (nSPS) is 11.6. The molecule has 142 valence electrons. The van der Waals surface area contributed by atoms with Gasteiger partial charge in [-0.05, 0) is 44.2 Å². The molecule has 3 aromatic rings. The first-order valence-corrected chi connectivity index (χ1v) is 11.1. The van der Waals surface area contributed by atoms with E-state index in [4.69, 9.17) is 0 Å². The number of aryl methyl sites for hydroxylation is 1. The van der Waals surface area contributed by atoms with Crippen LogP contribution in [0.2, 0.25) is 0 Å². The Morgan fingerprint density at radius 2 is 1.96 bits per heavy atom. The first-order valence-electron chi connectivity index (χ1n) is 8.47. The zero-order valence-electron chi connectivity index (χ0n) is 15.2. The molecule has 2 aromatic heterocycles. The number of nitrogens with zero attached hydrogens (tertiary/aromatic N) is 4. The SMILES string of the molecule is CNS(=O)(=O)CCCSc1nnc(-c2cccnc2)n1-c1ccccc1C. The highest BCUT2D eigenvalue weighted by molar-refractivity contribution is 7.99. The van der Waals surface area contributed by atoms with Gasteiger partial charge in [0.05, 0.1) is 11.4 Å². The lowest BCUT2D eigenvalue weighted by Crippen LogP contribution is -2.22. The van der Waals surface area contributed by atoms with E-state index in [0.717, 1.165) is 22.0 Å². The highest BCUT2D eigenvalue weighted by Crippen LogP contribution is 2.29. The minimum Gasteiger partial charge on any atom is -0.270 e. The molecule has 0 aliphatic heterocycles. The number of nitrogens with one attached hydrogen (secondary N) is 1. The van der Waals surface area contributed by atoms with Crippen LogP contribution in [0.25, 0.3) is 17.1 Å². The van der Waals surface area contributed by atoms with Crippen LogP contribution in [0.5, 0.6) is 0 Å². The van der Waals surface area contributed by atoms with Gasteiger partial charge in [-0.25, -0.2) is 13.1 Å². The summed E-state index contributed by atoms with van der Waals surface area (Å²) >= 11 is 1.49. The number of sulfonamides is 1. The smallest absolute Gasteiger partial charge is 0.211 e. The Balaban J connectivity index is 1.91. The number of hydrogen-bond acceptors (Lipinski definition) is 6. The summed E-state index contributed by atoms with van der Waals surface area (Å²) in [5, 5.41) is 9.44. The molecule has 3 rings (SSSR count). The third-order valence-corrected chi connectivity index (χ3v) is 6.47. The summed E-state index contributed by atoms with van der Waals surface area (Å²) in [5.74, 6) is 1.42. The van der Waals surface area contributed by atoms with Crippen LogP contribution in [0.4, 0.5) is 0 Å². The van der Waals surface area contributed by atoms with Gasteiger partial charge in [0, 0.05) is 23.7 Å². The van der Waals surface area contributed by atoms with E-state index in [1.165, 1.54) is 18.8 Å². The highest BCUT2D eigenvalue weighted by Gasteiger charge is 2.17. The molecule has 0 radical (unpaired) electrons. The molecule has 0 amide bonds. The molecule has 0 spiro atoms. The quantitative estimate of drug-likeness (QED) is 0.459. The van der Waals surface area contributed by atoms with Gasteiger partial charge < -0.3 is 0 Å². The van der Waals surface area contributed by atoms with Gasteiger partial charge in [0.25, 0.3) is 0 Å². The number of pyridine rings is 1. The fourth-order valence-electron chi connectivity index (χ4n) is 2.59. The third kappa shape index (κ3) is 4.74. The van der Waals surface area contributed by atoms with E-state index >= 15 is 0 Å². The second-order valence-electron chi connectivity index (χ2n) is 5.89. The molecule has 27 heavy (non-hydrogen) atoms. The number of rotatable bonds is 8. The average molecular weight is 404 g/mol. The summed E-state index contributed by atoms with van der Waals surface area (Å²) in [6.07, 6.45) is 4.00. The van der Waals surface area contributed by atoms with Gasteiger partial charge in [-0.1, -0.05) is 30.0 Å². The van der Waals surface area contributed by atoms with Crippen molar-refractivity contribution in [2.24, 2.45) is 0 Å². The fourth-order valence-corrected chi connectivity index (χ4v) is 4.39. The van der Waals surface area contributed by atoms with Crippen molar-refractivity contribution in [1.29, 1.82) is 0 Å². The van der Waals surface area contributed by atoms with Crippen molar-refractivity contribution in [2.45, 2.75) is 18.5 Å². The number of hydrogen-bond donors (Lipinski definition) is 1. The summed E-state index contributed by atoms with van der Waals surface area (Å²) in [4.78, 5) is 4.18. The van der Waals surface area contributed by atoms with Gasteiger partial charge in [-0.15, -0.1) is 10.2 Å². The topological polar surface area (TPSA) is 89.8 Å². The molecule has 0 saturated heterocycles. The average Bonchev–Trinajstić information content (AvgIpc) is 3.10. The van der Waals surface area contributed by atoms with Crippen LogP contribution in [0.3, 0.4) is 0 Å². The molecule has 0 aliphatic carbocycles. The van der Waals surface area contributed by atoms with Crippen LogP contribution < -0.4 is 4.72 Å². The van der Waals surface area contributed by atoms with Gasteiger partial charge >= 0.3 is 0 Å². The van der Waals surface area contributed by atoms with Crippen LogP contribution in [0.15, 0.2) is 53.9 Å². The maximum Gasteiger partial charge on any atom is 0.211 e. The lowest BCUT2D eigenvalue weighted by molar-refractivity contribution is 0.587. The first kappa shape index (κ1) is 19.5. The van der Waals surface area contributed by atoms with Gasteiger partial charge in [0.2, 0.25) is 10.0 Å². The molecule has 0 fully saturated rings. The molecular formula is C18H21N5O2S2. The maximum atomic E-state index is 11.6. The minimum absolute atomic E-state index is 0.0878. The largest absolute Gasteiger partial charge is 0.270 e. The predicted octanol–water partition coefficient (Wildman–Crippen LogP) is 2.67. The van der Waals surface area contributed by atoms with E-state index in [-0.39, 0.29) is 5.75 Å². The van der Waals surface area contributed by atoms with E-state index in [9.17, 15) is 8.42 Å². The second kappa shape index (κ2) is 8.64. The highest BCUT2D eigenvalue weighted by atomic mass is 32.2. The molecule has 0 unspecified atom stereocenters. The molecule has 0 aliphatic rings. The molecule has 1 aromatic carbocycles. The zero-order chi connectivity index (χ0) is 19.3. The fraction of sp³-hybridized carbons (Fsp3) is 0.278.